The third-order valence-corrected chi connectivity index (χ3v) is 10.4. The number of carbonyl (C=O) groups is 2. The molecule has 0 saturated heterocycles. The molecule has 1 aromatic heterocycles. The number of halogens is 4. The summed E-state index contributed by atoms with van der Waals surface area (Å²) in [4.78, 5) is 28.9. The van der Waals surface area contributed by atoms with Crippen LogP contribution >= 0.6 is 11.6 Å². The predicted molar refractivity (Wildman–Crippen MR) is 142 cm³/mol. The maximum atomic E-state index is 13.6. The minimum Gasteiger partial charge on any atom is -0.335 e. The van der Waals surface area contributed by atoms with E-state index in [1.807, 2.05) is 6.92 Å². The molecule has 2 aromatic carbocycles. The summed E-state index contributed by atoms with van der Waals surface area (Å²) in [7, 11) is -3.99. The number of nitrogens with zero attached hydrogens (tertiary/aromatic N) is 1. The first-order valence-corrected chi connectivity index (χ1v) is 14.3. The van der Waals surface area contributed by atoms with E-state index in [-0.39, 0.29) is 45.0 Å². The number of carbonyl (C=O) groups excluding carboxylic acids is 2. The smallest absolute Gasteiger partial charge is 0.319 e. The van der Waals surface area contributed by atoms with Crippen LogP contribution in [0, 0.1) is 35.2 Å². The fourth-order valence-electron chi connectivity index (χ4n) is 5.67. The second-order valence-electron chi connectivity index (χ2n) is 10.0. The third-order valence-electron chi connectivity index (χ3n) is 7.74. The molecule has 3 aliphatic carbocycles. The number of nitrogens with one attached hydrogen (secondary N) is 3. The Morgan fingerprint density at radius 1 is 0.975 bits per heavy atom. The first-order valence-electron chi connectivity index (χ1n) is 12.4. The summed E-state index contributed by atoms with van der Waals surface area (Å²) < 4.78 is 67.6. The van der Waals surface area contributed by atoms with E-state index >= 15 is 0 Å². The van der Waals surface area contributed by atoms with Gasteiger partial charge >= 0.3 is 6.03 Å². The molecule has 3 fully saturated rings. The van der Waals surface area contributed by atoms with Gasteiger partial charge in [0.2, 0.25) is 0 Å². The lowest BCUT2D eigenvalue weighted by Crippen LogP contribution is -2.64. The summed E-state index contributed by atoms with van der Waals surface area (Å²) in [6, 6.07) is 7.67. The summed E-state index contributed by atoms with van der Waals surface area (Å²) in [5, 5.41) is 7.04. The van der Waals surface area contributed by atoms with Crippen LogP contribution in [-0.2, 0) is 9.84 Å². The van der Waals surface area contributed by atoms with Crippen molar-refractivity contribution < 1.29 is 31.2 Å². The van der Waals surface area contributed by atoms with Crippen LogP contribution in [0.5, 0.6) is 0 Å². The third kappa shape index (κ3) is 5.25. The number of amides is 3. The molecular weight excluding hydrogens is 569 g/mol. The van der Waals surface area contributed by atoms with Crippen LogP contribution in [0.4, 0.5) is 29.3 Å². The van der Waals surface area contributed by atoms with E-state index in [0.717, 1.165) is 6.07 Å². The molecule has 1 heterocycles. The highest BCUT2D eigenvalue weighted by Crippen LogP contribution is 2.53. The maximum Gasteiger partial charge on any atom is 0.319 e. The average Bonchev–Trinajstić information content (AvgIpc) is 2.92. The van der Waals surface area contributed by atoms with Gasteiger partial charge in [0.15, 0.2) is 27.3 Å². The lowest BCUT2D eigenvalue weighted by atomic mass is 9.54. The molecule has 3 aromatic rings. The molecule has 6 rings (SSSR count). The van der Waals surface area contributed by atoms with Gasteiger partial charge in [0.25, 0.3) is 5.91 Å². The van der Waals surface area contributed by atoms with Crippen LogP contribution in [0.3, 0.4) is 0 Å². The Bertz CT molecular complexity index is 1550. The SMILES string of the molecule is CC1C2CC(S(=O)(=O)c3cc(C(=O)Nc4cc(F)c(F)c(F)c4)ccc3Cl)CC1C2NC(=O)Nc1cccnc1. The van der Waals surface area contributed by atoms with Crippen molar-refractivity contribution in [3.63, 3.8) is 0 Å². The summed E-state index contributed by atoms with van der Waals surface area (Å²) in [5.41, 5.74) is 0.0773. The van der Waals surface area contributed by atoms with Crippen LogP contribution in [-0.4, -0.2) is 36.6 Å². The number of rotatable bonds is 6. The van der Waals surface area contributed by atoms with Gasteiger partial charge in [-0.15, -0.1) is 0 Å². The van der Waals surface area contributed by atoms with Crippen molar-refractivity contribution in [3.05, 3.63) is 82.9 Å². The van der Waals surface area contributed by atoms with E-state index in [1.54, 1.807) is 18.3 Å². The number of hydrogen-bond donors (Lipinski definition) is 3. The van der Waals surface area contributed by atoms with E-state index in [4.69, 9.17) is 11.6 Å². The van der Waals surface area contributed by atoms with Gasteiger partial charge in [0, 0.05) is 35.6 Å². The zero-order valence-electron chi connectivity index (χ0n) is 21.0. The van der Waals surface area contributed by atoms with Crippen LogP contribution in [0.25, 0.3) is 0 Å². The predicted octanol–water partition coefficient (Wildman–Crippen LogP) is 5.41. The van der Waals surface area contributed by atoms with Gasteiger partial charge in [-0.05, 0) is 60.9 Å². The molecule has 3 amide bonds. The highest BCUT2D eigenvalue weighted by Gasteiger charge is 2.56. The van der Waals surface area contributed by atoms with Crippen LogP contribution < -0.4 is 16.0 Å². The van der Waals surface area contributed by atoms with Gasteiger partial charge in [-0.3, -0.25) is 9.78 Å². The number of benzene rings is 2. The largest absolute Gasteiger partial charge is 0.335 e. The van der Waals surface area contributed by atoms with Crippen molar-refractivity contribution in [2.24, 2.45) is 17.8 Å². The Balaban J connectivity index is 1.29. The Labute approximate surface area is 233 Å². The van der Waals surface area contributed by atoms with Gasteiger partial charge in [0.1, 0.15) is 0 Å². The van der Waals surface area contributed by atoms with Crippen molar-refractivity contribution in [3.8, 4) is 0 Å². The summed E-state index contributed by atoms with van der Waals surface area (Å²) in [6.07, 6.45) is 3.68. The van der Waals surface area contributed by atoms with Crippen LogP contribution in [0.1, 0.15) is 30.1 Å². The van der Waals surface area contributed by atoms with Gasteiger partial charge in [-0.2, -0.15) is 0 Å². The highest BCUT2D eigenvalue weighted by atomic mass is 35.5. The van der Waals surface area contributed by atoms with E-state index in [1.165, 1.54) is 18.3 Å². The molecule has 3 aliphatic rings. The molecule has 0 radical (unpaired) electrons. The van der Waals surface area contributed by atoms with E-state index in [2.05, 4.69) is 20.9 Å². The number of aromatic nitrogens is 1. The van der Waals surface area contributed by atoms with Crippen molar-refractivity contribution in [2.75, 3.05) is 10.6 Å². The Kier molecular flexibility index (Phi) is 7.49. The van der Waals surface area contributed by atoms with Crippen molar-refractivity contribution in [1.29, 1.82) is 0 Å². The Morgan fingerprint density at radius 3 is 2.27 bits per heavy atom. The Hall–Kier alpha value is -3.64. The van der Waals surface area contributed by atoms with Gasteiger partial charge in [-0.25, -0.2) is 26.4 Å². The van der Waals surface area contributed by atoms with Gasteiger partial charge in [-0.1, -0.05) is 18.5 Å². The molecule has 3 saturated carbocycles. The number of fused-ring (bicyclic) bond motifs is 2. The number of pyridine rings is 1. The first kappa shape index (κ1) is 27.9. The Morgan fingerprint density at radius 2 is 1.65 bits per heavy atom. The van der Waals surface area contributed by atoms with E-state index in [0.29, 0.717) is 30.7 Å². The molecule has 8 nitrogen and oxygen atoms in total. The zero-order chi connectivity index (χ0) is 28.8. The molecule has 0 spiro atoms. The second-order valence-corrected chi connectivity index (χ2v) is 12.6. The number of urea groups is 1. The summed E-state index contributed by atoms with van der Waals surface area (Å²) >= 11 is 6.25. The quantitative estimate of drug-likeness (QED) is 0.331. The first-order chi connectivity index (χ1) is 19.0. The minimum absolute atomic E-state index is 0.0757. The van der Waals surface area contributed by atoms with Crippen molar-refractivity contribution in [2.45, 2.75) is 36.0 Å². The number of anilines is 2. The van der Waals surface area contributed by atoms with Crippen molar-refractivity contribution in [1.82, 2.24) is 10.3 Å². The lowest BCUT2D eigenvalue weighted by Gasteiger charge is -2.57. The normalized spacial score (nSPS) is 23.6. The monoisotopic (exact) mass is 592 g/mol. The zero-order valence-corrected chi connectivity index (χ0v) is 22.6. The number of hydrogen-bond acceptors (Lipinski definition) is 5. The lowest BCUT2D eigenvalue weighted by molar-refractivity contribution is -0.0148. The summed E-state index contributed by atoms with van der Waals surface area (Å²) in [6.45, 7) is 2.02. The average molecular weight is 593 g/mol. The molecule has 2 bridgehead atoms. The standard InChI is InChI=1S/C27H24ClF3N4O4S/c1-13-18-10-17(11-19(13)25(18)35-27(37)34-15-3-2-6-32-12-15)40(38,39)23-7-14(4-5-20(23)28)26(36)33-16-8-21(29)24(31)22(30)9-16/h2-9,12-13,17-19,25H,10-11H2,1H3,(H,33,36)(H2,34,35,37). The molecule has 2 atom stereocenters. The molecule has 210 valence electrons. The molecule has 40 heavy (non-hydrogen) atoms. The molecule has 3 N–H and O–H groups in total. The van der Waals surface area contributed by atoms with Gasteiger partial charge < -0.3 is 16.0 Å². The fourth-order valence-corrected chi connectivity index (χ4v) is 8.05. The molecule has 2 unspecified atom stereocenters. The molecule has 13 heteroatoms. The van der Waals surface area contributed by atoms with E-state index in [9.17, 15) is 31.2 Å². The topological polar surface area (TPSA) is 117 Å². The maximum absolute atomic E-state index is 13.6. The minimum atomic E-state index is -3.99. The fraction of sp³-hybridized carbons (Fsp3) is 0.296. The van der Waals surface area contributed by atoms with Crippen molar-refractivity contribution >= 4 is 44.8 Å². The van der Waals surface area contributed by atoms with E-state index < -0.39 is 44.5 Å². The molecular formula is C27H24ClF3N4O4S. The van der Waals surface area contributed by atoms with Crippen LogP contribution in [0.2, 0.25) is 5.02 Å². The second kappa shape index (κ2) is 10.7. The molecule has 0 aliphatic heterocycles. The van der Waals surface area contributed by atoms with Gasteiger partial charge in [0.05, 0.1) is 27.1 Å². The summed E-state index contributed by atoms with van der Waals surface area (Å²) in [5.74, 6) is -5.45. The highest BCUT2D eigenvalue weighted by molar-refractivity contribution is 7.92. The van der Waals surface area contributed by atoms with Crippen LogP contribution in [0.15, 0.2) is 59.8 Å². The number of sulfone groups is 1.